The summed E-state index contributed by atoms with van der Waals surface area (Å²) in [4.78, 5) is 22.9. The molecule has 5 heteroatoms. The molecule has 0 radical (unpaired) electrons. The lowest BCUT2D eigenvalue weighted by atomic mass is 10.1. The Morgan fingerprint density at radius 2 is 1.42 bits per heavy atom. The minimum atomic E-state index is -0.128. The van der Waals surface area contributed by atoms with Gasteiger partial charge in [0.1, 0.15) is 6.61 Å². The average Bonchev–Trinajstić information content (AvgIpc) is 2.56. The van der Waals surface area contributed by atoms with E-state index in [1.165, 1.54) is 0 Å². The van der Waals surface area contributed by atoms with Gasteiger partial charge in [0.15, 0.2) is 0 Å². The maximum Gasteiger partial charge on any atom is 0.306 e. The van der Waals surface area contributed by atoms with Crippen molar-refractivity contribution in [3.63, 3.8) is 0 Å². The Labute approximate surface area is 158 Å². The van der Waals surface area contributed by atoms with Crippen LogP contribution in [0.1, 0.15) is 63.9 Å². The molecule has 0 atom stereocenters. The van der Waals surface area contributed by atoms with Crippen molar-refractivity contribution in [1.29, 1.82) is 0 Å². The normalized spacial score (nSPS) is 10.4. The largest absolute Gasteiger partial charge is 0.466 e. The first-order chi connectivity index (χ1) is 11.6. The smallest absolute Gasteiger partial charge is 0.306 e. The number of esters is 2. The van der Waals surface area contributed by atoms with E-state index in [1.54, 1.807) is 0 Å². The predicted octanol–water partition coefficient (Wildman–Crippen LogP) is 5.02. The van der Waals surface area contributed by atoms with Crippen LogP contribution in [0, 0.1) is 3.57 Å². The van der Waals surface area contributed by atoms with Crippen molar-refractivity contribution in [3.8, 4) is 0 Å². The van der Waals surface area contributed by atoms with Crippen LogP contribution in [0.2, 0.25) is 0 Å². The lowest BCUT2D eigenvalue weighted by Gasteiger charge is -2.06. The van der Waals surface area contributed by atoms with Gasteiger partial charge in [-0.25, -0.2) is 0 Å². The summed E-state index contributed by atoms with van der Waals surface area (Å²) in [6.45, 7) is 2.63. The molecule has 0 aliphatic carbocycles. The molecule has 0 heterocycles. The van der Waals surface area contributed by atoms with Crippen LogP contribution >= 0.6 is 22.6 Å². The van der Waals surface area contributed by atoms with E-state index in [-0.39, 0.29) is 11.9 Å². The van der Waals surface area contributed by atoms with E-state index < -0.39 is 0 Å². The van der Waals surface area contributed by atoms with Crippen molar-refractivity contribution in [3.05, 3.63) is 33.4 Å². The fraction of sp³-hybridized carbons (Fsp3) is 0.579. The number of carbonyl (C=O) groups excluding carboxylic acids is 2. The maximum absolute atomic E-state index is 11.7. The highest BCUT2D eigenvalue weighted by atomic mass is 127. The van der Waals surface area contributed by atoms with Gasteiger partial charge in [-0.05, 0) is 48.4 Å². The number of carbonyl (C=O) groups is 2. The number of hydrogen-bond acceptors (Lipinski definition) is 4. The van der Waals surface area contributed by atoms with Crippen molar-refractivity contribution in [2.45, 2.75) is 64.9 Å². The number of unbranched alkanes of at least 4 members (excludes halogenated alkanes) is 5. The molecule has 0 amide bonds. The molecule has 0 bridgehead atoms. The fourth-order valence-corrected chi connectivity index (χ4v) is 2.87. The molecule has 0 unspecified atom stereocenters. The Hall–Kier alpha value is -1.11. The van der Waals surface area contributed by atoms with E-state index in [9.17, 15) is 9.59 Å². The molecule has 134 valence electrons. The summed E-state index contributed by atoms with van der Waals surface area (Å²) in [7, 11) is 0. The Morgan fingerprint density at radius 3 is 2.00 bits per heavy atom. The zero-order valence-electron chi connectivity index (χ0n) is 14.4. The van der Waals surface area contributed by atoms with Crippen molar-refractivity contribution in [1.82, 2.24) is 0 Å². The van der Waals surface area contributed by atoms with E-state index >= 15 is 0 Å². The van der Waals surface area contributed by atoms with Gasteiger partial charge in [0.25, 0.3) is 0 Å². The summed E-state index contributed by atoms with van der Waals surface area (Å²) < 4.78 is 11.3. The second kappa shape index (κ2) is 13.2. The fourth-order valence-electron chi connectivity index (χ4n) is 2.32. The second-order valence-electron chi connectivity index (χ2n) is 5.68. The topological polar surface area (TPSA) is 52.6 Å². The van der Waals surface area contributed by atoms with Crippen molar-refractivity contribution >= 4 is 34.5 Å². The quantitative estimate of drug-likeness (QED) is 0.257. The molecule has 0 aromatic heterocycles. The number of ether oxygens (including phenoxy) is 2. The monoisotopic (exact) mass is 446 g/mol. The zero-order valence-corrected chi connectivity index (χ0v) is 16.5. The predicted molar refractivity (Wildman–Crippen MR) is 103 cm³/mol. The Bertz CT molecular complexity index is 502. The molecule has 0 fully saturated rings. The summed E-state index contributed by atoms with van der Waals surface area (Å²) in [6, 6.07) is 7.91. The van der Waals surface area contributed by atoms with Gasteiger partial charge in [0, 0.05) is 22.0 Å². The lowest BCUT2D eigenvalue weighted by Crippen LogP contribution is -2.05. The molecule has 1 aromatic carbocycles. The number of halogens is 1. The van der Waals surface area contributed by atoms with Crippen molar-refractivity contribution in [2.24, 2.45) is 0 Å². The molecule has 24 heavy (non-hydrogen) atoms. The molecule has 1 aromatic rings. The molecular weight excluding hydrogens is 419 g/mol. The summed E-state index contributed by atoms with van der Waals surface area (Å²) in [5.41, 5.74) is 1.05. The van der Waals surface area contributed by atoms with Crippen LogP contribution in [0.3, 0.4) is 0 Å². The average molecular weight is 446 g/mol. The summed E-state index contributed by atoms with van der Waals surface area (Å²) in [5, 5.41) is 0. The zero-order chi connectivity index (χ0) is 17.6. The number of hydrogen-bond donors (Lipinski definition) is 0. The minimum absolute atomic E-state index is 0.103. The molecule has 0 saturated carbocycles. The van der Waals surface area contributed by atoms with Gasteiger partial charge in [0.05, 0.1) is 6.61 Å². The Morgan fingerprint density at radius 1 is 0.875 bits per heavy atom. The molecular formula is C19H27IO4. The van der Waals surface area contributed by atoms with Gasteiger partial charge in [0.2, 0.25) is 0 Å². The SMILES string of the molecule is CCOC(=O)CCCCCCCCC(=O)OCc1ccccc1I. The van der Waals surface area contributed by atoms with Crippen LogP contribution in [0.15, 0.2) is 24.3 Å². The van der Waals surface area contributed by atoms with Crippen LogP contribution in [0.25, 0.3) is 0 Å². The van der Waals surface area contributed by atoms with E-state index in [4.69, 9.17) is 9.47 Å². The summed E-state index contributed by atoms with van der Waals surface area (Å²) in [5.74, 6) is -0.231. The van der Waals surface area contributed by atoms with E-state index in [2.05, 4.69) is 22.6 Å². The van der Waals surface area contributed by atoms with Crippen LogP contribution in [-0.4, -0.2) is 18.5 Å². The summed E-state index contributed by atoms with van der Waals surface area (Å²) >= 11 is 2.25. The maximum atomic E-state index is 11.7. The Kier molecular flexibility index (Phi) is 11.5. The van der Waals surface area contributed by atoms with Crippen LogP contribution in [-0.2, 0) is 25.7 Å². The van der Waals surface area contributed by atoms with Gasteiger partial charge < -0.3 is 9.47 Å². The minimum Gasteiger partial charge on any atom is -0.466 e. The van der Waals surface area contributed by atoms with Crippen LogP contribution < -0.4 is 0 Å². The Balaban J connectivity index is 1.96. The molecule has 4 nitrogen and oxygen atoms in total. The molecule has 0 N–H and O–H groups in total. The first kappa shape index (κ1) is 20.9. The van der Waals surface area contributed by atoms with Gasteiger partial charge in [-0.1, -0.05) is 43.9 Å². The first-order valence-electron chi connectivity index (χ1n) is 8.68. The number of benzene rings is 1. The lowest BCUT2D eigenvalue weighted by molar-refractivity contribution is -0.145. The van der Waals surface area contributed by atoms with Gasteiger partial charge in [-0.3, -0.25) is 9.59 Å². The third-order valence-electron chi connectivity index (χ3n) is 3.66. The van der Waals surface area contributed by atoms with Crippen LogP contribution in [0.5, 0.6) is 0 Å². The third kappa shape index (κ3) is 9.90. The third-order valence-corrected chi connectivity index (χ3v) is 4.72. The van der Waals surface area contributed by atoms with Gasteiger partial charge in [-0.15, -0.1) is 0 Å². The number of rotatable bonds is 12. The van der Waals surface area contributed by atoms with E-state index in [0.29, 0.717) is 26.1 Å². The van der Waals surface area contributed by atoms with Gasteiger partial charge in [-0.2, -0.15) is 0 Å². The molecule has 0 spiro atoms. The highest BCUT2D eigenvalue weighted by molar-refractivity contribution is 14.1. The first-order valence-corrected chi connectivity index (χ1v) is 9.76. The standard InChI is InChI=1S/C19H27IO4/c1-2-23-18(21)13-7-5-3-4-6-8-14-19(22)24-15-16-11-9-10-12-17(16)20/h9-12H,2-8,13-15H2,1H3. The summed E-state index contributed by atoms with van der Waals surface area (Å²) in [6.07, 6.45) is 6.99. The molecule has 0 saturated heterocycles. The second-order valence-corrected chi connectivity index (χ2v) is 6.84. The van der Waals surface area contributed by atoms with Crippen LogP contribution in [0.4, 0.5) is 0 Å². The van der Waals surface area contributed by atoms with E-state index in [0.717, 1.165) is 47.7 Å². The molecule has 1 rings (SSSR count). The van der Waals surface area contributed by atoms with Crippen molar-refractivity contribution < 1.29 is 19.1 Å². The van der Waals surface area contributed by atoms with E-state index in [1.807, 2.05) is 31.2 Å². The van der Waals surface area contributed by atoms with Crippen molar-refractivity contribution in [2.75, 3.05) is 6.61 Å². The van der Waals surface area contributed by atoms with Gasteiger partial charge >= 0.3 is 11.9 Å². The molecule has 0 aliphatic rings. The molecule has 0 aliphatic heterocycles. The highest BCUT2D eigenvalue weighted by Crippen LogP contribution is 2.14. The highest BCUT2D eigenvalue weighted by Gasteiger charge is 2.05.